The molecule has 0 aliphatic carbocycles. The average molecular weight is 309 g/mol. The summed E-state index contributed by atoms with van der Waals surface area (Å²) in [5.74, 6) is 0.362. The Morgan fingerprint density at radius 3 is 2.70 bits per heavy atom. The van der Waals surface area contributed by atoms with Crippen LogP contribution in [0.4, 0.5) is 5.82 Å². The number of aromatic nitrogens is 3. The second-order valence-corrected chi connectivity index (χ2v) is 5.17. The van der Waals surface area contributed by atoms with Crippen molar-refractivity contribution in [1.82, 2.24) is 14.0 Å². The van der Waals surface area contributed by atoms with Crippen LogP contribution in [0.5, 0.6) is 0 Å². The fourth-order valence-corrected chi connectivity index (χ4v) is 2.32. The lowest BCUT2D eigenvalue weighted by atomic mass is 10.2. The quantitative estimate of drug-likeness (QED) is 0.790. The van der Waals surface area contributed by atoms with Gasteiger partial charge in [-0.25, -0.2) is 14.2 Å². The van der Waals surface area contributed by atoms with Gasteiger partial charge < -0.3 is 5.73 Å². The van der Waals surface area contributed by atoms with Crippen LogP contribution in [0.1, 0.15) is 5.56 Å². The van der Waals surface area contributed by atoms with Gasteiger partial charge in [-0.15, -0.1) is 0 Å². The van der Waals surface area contributed by atoms with Crippen molar-refractivity contribution >= 4 is 34.7 Å². The molecular weight excluding hydrogens is 299 g/mol. The van der Waals surface area contributed by atoms with E-state index in [1.807, 2.05) is 6.07 Å². The topological polar surface area (TPSA) is 65.3 Å². The van der Waals surface area contributed by atoms with Crippen LogP contribution in [0.25, 0.3) is 5.65 Å². The normalized spacial score (nSPS) is 11.1. The minimum atomic E-state index is -0.247. The van der Waals surface area contributed by atoms with Gasteiger partial charge >= 0.3 is 5.69 Å². The summed E-state index contributed by atoms with van der Waals surface area (Å²) in [6, 6.07) is 8.57. The summed E-state index contributed by atoms with van der Waals surface area (Å²) in [6.07, 6.45) is 1.49. The fraction of sp³-hybridized carbons (Fsp3) is 0.0769. The van der Waals surface area contributed by atoms with Gasteiger partial charge in [-0.1, -0.05) is 29.3 Å². The number of nitrogen functional groups attached to an aromatic ring is 1. The van der Waals surface area contributed by atoms with Crippen LogP contribution in [0.2, 0.25) is 10.0 Å². The molecule has 7 heteroatoms. The highest BCUT2D eigenvalue weighted by molar-refractivity contribution is 6.42. The molecule has 0 atom stereocenters. The molecule has 0 aliphatic rings. The highest BCUT2D eigenvalue weighted by Crippen LogP contribution is 2.22. The lowest BCUT2D eigenvalue weighted by Crippen LogP contribution is -2.28. The lowest BCUT2D eigenvalue weighted by Gasteiger charge is -2.07. The third kappa shape index (κ3) is 2.15. The molecule has 2 heterocycles. The van der Waals surface area contributed by atoms with E-state index >= 15 is 0 Å². The van der Waals surface area contributed by atoms with Crippen molar-refractivity contribution in [2.24, 2.45) is 0 Å². The van der Waals surface area contributed by atoms with Crippen molar-refractivity contribution in [3.63, 3.8) is 0 Å². The molecule has 0 radical (unpaired) electrons. The molecule has 0 saturated heterocycles. The van der Waals surface area contributed by atoms with Gasteiger partial charge in [0, 0.05) is 0 Å². The number of benzene rings is 1. The van der Waals surface area contributed by atoms with Crippen LogP contribution >= 0.6 is 23.2 Å². The number of hydrogen-bond donors (Lipinski definition) is 1. The monoisotopic (exact) mass is 308 g/mol. The molecule has 3 aromatic rings. The summed E-state index contributed by atoms with van der Waals surface area (Å²) >= 11 is 11.8. The van der Waals surface area contributed by atoms with E-state index in [9.17, 15) is 4.79 Å². The first kappa shape index (κ1) is 13.0. The van der Waals surface area contributed by atoms with Crippen LogP contribution in [0.15, 0.2) is 41.5 Å². The minimum Gasteiger partial charge on any atom is -0.385 e. The number of nitrogens with two attached hydrogens (primary N) is 1. The summed E-state index contributed by atoms with van der Waals surface area (Å²) in [5.41, 5.74) is 6.89. The van der Waals surface area contributed by atoms with Gasteiger partial charge in [-0.3, -0.25) is 4.57 Å². The zero-order chi connectivity index (χ0) is 14.3. The van der Waals surface area contributed by atoms with E-state index in [1.165, 1.54) is 15.3 Å². The number of hydrogen-bond acceptors (Lipinski definition) is 3. The average Bonchev–Trinajstić information content (AvgIpc) is 2.79. The Kier molecular flexibility index (Phi) is 3.16. The lowest BCUT2D eigenvalue weighted by molar-refractivity contribution is 0.694. The second kappa shape index (κ2) is 4.85. The Bertz CT molecular complexity index is 853. The maximum Gasteiger partial charge on any atom is 0.336 e. The first-order valence-electron chi connectivity index (χ1n) is 5.82. The van der Waals surface area contributed by atoms with Gasteiger partial charge in [0.25, 0.3) is 0 Å². The molecule has 0 fully saturated rings. The van der Waals surface area contributed by atoms with Gasteiger partial charge in [0.05, 0.1) is 16.6 Å². The maximum atomic E-state index is 12.3. The molecule has 0 saturated carbocycles. The first-order chi connectivity index (χ1) is 9.56. The Labute approximate surface area is 124 Å². The van der Waals surface area contributed by atoms with E-state index < -0.39 is 0 Å². The van der Waals surface area contributed by atoms with E-state index in [2.05, 4.69) is 4.98 Å². The van der Waals surface area contributed by atoms with Crippen LogP contribution in [-0.4, -0.2) is 14.0 Å². The van der Waals surface area contributed by atoms with Crippen molar-refractivity contribution in [3.05, 3.63) is 62.8 Å². The third-order valence-corrected chi connectivity index (χ3v) is 3.73. The molecule has 0 bridgehead atoms. The summed E-state index contributed by atoms with van der Waals surface area (Å²) in [6.45, 7) is 0.344. The first-order valence-corrected chi connectivity index (χ1v) is 6.58. The van der Waals surface area contributed by atoms with Gasteiger partial charge in [0.1, 0.15) is 17.8 Å². The Balaban J connectivity index is 2.06. The standard InChI is InChI=1S/C13H10Cl2N4O/c14-9-2-1-8(5-10(9)15)6-18-7-17-12-4-3-11(16)19(12)13(18)20/h1-5,7H,6,16H2. The highest BCUT2D eigenvalue weighted by atomic mass is 35.5. The maximum absolute atomic E-state index is 12.3. The van der Waals surface area contributed by atoms with Gasteiger partial charge in [-0.05, 0) is 29.8 Å². The molecule has 0 aliphatic heterocycles. The Morgan fingerprint density at radius 2 is 1.95 bits per heavy atom. The minimum absolute atomic E-state index is 0.247. The van der Waals surface area contributed by atoms with Crippen molar-refractivity contribution in [3.8, 4) is 0 Å². The van der Waals surface area contributed by atoms with Crippen LogP contribution < -0.4 is 11.4 Å². The fourth-order valence-electron chi connectivity index (χ4n) is 2.00. The number of rotatable bonds is 2. The summed E-state index contributed by atoms with van der Waals surface area (Å²) in [7, 11) is 0. The SMILES string of the molecule is Nc1ccc2ncn(Cc3ccc(Cl)c(Cl)c3)c(=O)n12. The van der Waals surface area contributed by atoms with E-state index in [0.29, 0.717) is 28.1 Å². The number of anilines is 1. The molecule has 20 heavy (non-hydrogen) atoms. The molecular formula is C13H10Cl2N4O. The highest BCUT2D eigenvalue weighted by Gasteiger charge is 2.07. The Morgan fingerprint density at radius 1 is 1.15 bits per heavy atom. The van der Waals surface area contributed by atoms with E-state index in [1.54, 1.807) is 24.3 Å². The third-order valence-electron chi connectivity index (χ3n) is 2.99. The molecule has 0 unspecified atom stereocenters. The van der Waals surface area contributed by atoms with Gasteiger partial charge in [-0.2, -0.15) is 0 Å². The Hall–Kier alpha value is -1.98. The largest absolute Gasteiger partial charge is 0.385 e. The molecule has 3 rings (SSSR count). The molecule has 1 aromatic carbocycles. The smallest absolute Gasteiger partial charge is 0.336 e. The van der Waals surface area contributed by atoms with Crippen molar-refractivity contribution in [2.45, 2.75) is 6.54 Å². The van der Waals surface area contributed by atoms with Crippen molar-refractivity contribution in [2.75, 3.05) is 5.73 Å². The predicted octanol–water partition coefficient (Wildman–Crippen LogP) is 2.43. The van der Waals surface area contributed by atoms with E-state index in [0.717, 1.165) is 5.56 Å². The zero-order valence-electron chi connectivity index (χ0n) is 10.3. The van der Waals surface area contributed by atoms with Crippen molar-refractivity contribution < 1.29 is 0 Å². The number of nitrogens with zero attached hydrogens (tertiary/aromatic N) is 3. The second-order valence-electron chi connectivity index (χ2n) is 4.36. The van der Waals surface area contributed by atoms with Gasteiger partial charge in [0.2, 0.25) is 0 Å². The van der Waals surface area contributed by atoms with Crippen LogP contribution in [0.3, 0.4) is 0 Å². The van der Waals surface area contributed by atoms with E-state index in [-0.39, 0.29) is 5.69 Å². The molecule has 102 valence electrons. The molecule has 2 N–H and O–H groups in total. The van der Waals surface area contributed by atoms with Crippen LogP contribution in [-0.2, 0) is 6.54 Å². The van der Waals surface area contributed by atoms with Crippen molar-refractivity contribution in [1.29, 1.82) is 0 Å². The molecule has 0 amide bonds. The zero-order valence-corrected chi connectivity index (χ0v) is 11.8. The predicted molar refractivity (Wildman–Crippen MR) is 79.4 cm³/mol. The molecule has 2 aromatic heterocycles. The summed E-state index contributed by atoms with van der Waals surface area (Å²) < 4.78 is 2.82. The summed E-state index contributed by atoms with van der Waals surface area (Å²) in [4.78, 5) is 16.5. The summed E-state index contributed by atoms with van der Waals surface area (Å²) in [5, 5.41) is 0.928. The number of halogens is 2. The molecule has 5 nitrogen and oxygen atoms in total. The molecule has 0 spiro atoms. The van der Waals surface area contributed by atoms with E-state index in [4.69, 9.17) is 28.9 Å². The van der Waals surface area contributed by atoms with Gasteiger partial charge in [0.15, 0.2) is 0 Å². The number of fused-ring (bicyclic) bond motifs is 1. The van der Waals surface area contributed by atoms with Crippen LogP contribution in [0, 0.1) is 0 Å².